The van der Waals surface area contributed by atoms with Gasteiger partial charge in [0.05, 0.1) is 0 Å². The zero-order chi connectivity index (χ0) is 15.3. The normalized spacial score (nSPS) is 15.8. The molecule has 1 aliphatic carbocycles. The first-order valence-electron chi connectivity index (χ1n) is 8.10. The van der Waals surface area contributed by atoms with E-state index in [9.17, 15) is 0 Å². The molecule has 0 unspecified atom stereocenters. The summed E-state index contributed by atoms with van der Waals surface area (Å²) in [6, 6.07) is 0. The van der Waals surface area contributed by atoms with Gasteiger partial charge in [-0.25, -0.2) is 9.97 Å². The highest BCUT2D eigenvalue weighted by atomic mass is 16.3. The van der Waals surface area contributed by atoms with Crippen molar-refractivity contribution in [3.8, 4) is 0 Å². The van der Waals surface area contributed by atoms with Crippen molar-refractivity contribution in [2.75, 3.05) is 30.3 Å². The first kappa shape index (κ1) is 16.0. The fraction of sp³-hybridized carbons (Fsp3) is 0.750. The van der Waals surface area contributed by atoms with Gasteiger partial charge >= 0.3 is 0 Å². The topological polar surface area (TPSA) is 70.1 Å². The molecule has 118 valence electrons. The Bertz CT molecular complexity index is 472. The zero-order valence-corrected chi connectivity index (χ0v) is 13.5. The van der Waals surface area contributed by atoms with Crippen molar-refractivity contribution >= 4 is 11.6 Å². The van der Waals surface area contributed by atoms with Gasteiger partial charge in [0.25, 0.3) is 0 Å². The second-order valence-corrected chi connectivity index (χ2v) is 6.07. The molecule has 5 heteroatoms. The molecule has 3 N–H and O–H groups in total. The molecule has 21 heavy (non-hydrogen) atoms. The molecule has 1 fully saturated rings. The summed E-state index contributed by atoms with van der Waals surface area (Å²) in [6.45, 7) is 8.37. The minimum Gasteiger partial charge on any atom is -0.396 e. The zero-order valence-electron chi connectivity index (χ0n) is 13.5. The highest BCUT2D eigenvalue weighted by molar-refractivity contribution is 5.57. The average Bonchev–Trinajstić information content (AvgIpc) is 3.25. The van der Waals surface area contributed by atoms with Crippen LogP contribution < -0.4 is 10.6 Å². The molecule has 0 atom stereocenters. The largest absolute Gasteiger partial charge is 0.396 e. The van der Waals surface area contributed by atoms with E-state index in [-0.39, 0.29) is 12.0 Å². The van der Waals surface area contributed by atoms with Crippen molar-refractivity contribution in [1.29, 1.82) is 0 Å². The standard InChI is InChI=1S/C16H28N4O/c1-4-9-17-14-12(3)15(20-13(5-2)19-14)18-11-16(6-7-16)8-10-21/h21H,4-11H2,1-3H3,(H2,17,18,19,20). The SMILES string of the molecule is CCCNc1nc(CC)nc(NCC2(CCO)CC2)c1C. The molecular weight excluding hydrogens is 264 g/mol. The maximum Gasteiger partial charge on any atom is 0.134 e. The predicted octanol–water partition coefficient (Wildman–Crippen LogP) is 2.74. The van der Waals surface area contributed by atoms with Crippen molar-refractivity contribution in [3.05, 3.63) is 11.4 Å². The number of anilines is 2. The molecule has 1 aromatic heterocycles. The van der Waals surface area contributed by atoms with Crippen LogP contribution in [0.15, 0.2) is 0 Å². The summed E-state index contributed by atoms with van der Waals surface area (Å²) in [4.78, 5) is 9.21. The number of aryl methyl sites for hydroxylation is 1. The third-order valence-corrected chi connectivity index (χ3v) is 4.28. The maximum atomic E-state index is 9.15. The van der Waals surface area contributed by atoms with E-state index in [0.717, 1.165) is 55.4 Å². The molecule has 1 aromatic rings. The number of hydrogen-bond acceptors (Lipinski definition) is 5. The van der Waals surface area contributed by atoms with Gasteiger partial charge in [0.1, 0.15) is 17.5 Å². The van der Waals surface area contributed by atoms with Crippen LogP contribution in [0.3, 0.4) is 0 Å². The van der Waals surface area contributed by atoms with Gasteiger partial charge in [-0.2, -0.15) is 0 Å². The van der Waals surface area contributed by atoms with Crippen LogP contribution >= 0.6 is 0 Å². The highest BCUT2D eigenvalue weighted by Crippen LogP contribution is 2.48. The van der Waals surface area contributed by atoms with Gasteiger partial charge in [0.2, 0.25) is 0 Å². The maximum absolute atomic E-state index is 9.15. The Morgan fingerprint density at radius 1 is 1.14 bits per heavy atom. The quantitative estimate of drug-likeness (QED) is 0.653. The van der Waals surface area contributed by atoms with Crippen LogP contribution in [0.4, 0.5) is 11.6 Å². The Morgan fingerprint density at radius 2 is 1.81 bits per heavy atom. The fourth-order valence-corrected chi connectivity index (χ4v) is 2.51. The van der Waals surface area contributed by atoms with Crippen LogP contribution in [0.1, 0.15) is 50.9 Å². The molecule has 0 spiro atoms. The van der Waals surface area contributed by atoms with Crippen LogP contribution in [-0.2, 0) is 6.42 Å². The number of aliphatic hydroxyl groups is 1. The van der Waals surface area contributed by atoms with Crippen molar-refractivity contribution in [2.45, 2.75) is 52.9 Å². The van der Waals surface area contributed by atoms with E-state index < -0.39 is 0 Å². The molecule has 0 bridgehead atoms. The number of aromatic nitrogens is 2. The van der Waals surface area contributed by atoms with Crippen LogP contribution in [0.5, 0.6) is 0 Å². The number of rotatable bonds is 9. The Labute approximate surface area is 127 Å². The number of nitrogens with zero attached hydrogens (tertiary/aromatic N) is 2. The van der Waals surface area contributed by atoms with Crippen LogP contribution in [0.2, 0.25) is 0 Å². The van der Waals surface area contributed by atoms with Crippen molar-refractivity contribution in [1.82, 2.24) is 9.97 Å². The lowest BCUT2D eigenvalue weighted by molar-refractivity contribution is 0.253. The van der Waals surface area contributed by atoms with E-state index in [4.69, 9.17) is 5.11 Å². The Morgan fingerprint density at radius 3 is 2.33 bits per heavy atom. The van der Waals surface area contributed by atoms with Crippen molar-refractivity contribution in [2.24, 2.45) is 5.41 Å². The smallest absolute Gasteiger partial charge is 0.134 e. The van der Waals surface area contributed by atoms with E-state index in [1.807, 2.05) is 0 Å². The lowest BCUT2D eigenvalue weighted by atomic mass is 10.0. The second kappa shape index (κ2) is 7.07. The summed E-state index contributed by atoms with van der Waals surface area (Å²) < 4.78 is 0. The molecular formula is C16H28N4O. The van der Waals surface area contributed by atoms with Gasteiger partial charge in [0, 0.05) is 31.7 Å². The lowest BCUT2D eigenvalue weighted by Crippen LogP contribution is -2.19. The molecule has 1 saturated carbocycles. The lowest BCUT2D eigenvalue weighted by Gasteiger charge is -2.18. The van der Waals surface area contributed by atoms with Gasteiger partial charge < -0.3 is 15.7 Å². The van der Waals surface area contributed by atoms with Crippen LogP contribution in [0.25, 0.3) is 0 Å². The minimum absolute atomic E-state index is 0.272. The summed E-state index contributed by atoms with van der Waals surface area (Å²) in [5.74, 6) is 2.75. The number of aliphatic hydroxyl groups excluding tert-OH is 1. The predicted molar refractivity (Wildman–Crippen MR) is 86.8 cm³/mol. The molecule has 1 aliphatic rings. The first-order valence-corrected chi connectivity index (χ1v) is 8.10. The molecule has 0 radical (unpaired) electrons. The van der Waals surface area contributed by atoms with Crippen LogP contribution in [-0.4, -0.2) is 34.8 Å². The van der Waals surface area contributed by atoms with E-state index >= 15 is 0 Å². The average molecular weight is 292 g/mol. The molecule has 1 heterocycles. The van der Waals surface area contributed by atoms with Gasteiger partial charge in [-0.3, -0.25) is 0 Å². The molecule has 0 saturated heterocycles. The van der Waals surface area contributed by atoms with E-state index in [1.54, 1.807) is 0 Å². The molecule has 0 aliphatic heterocycles. The summed E-state index contributed by atoms with van der Waals surface area (Å²) in [5, 5.41) is 16.0. The van der Waals surface area contributed by atoms with Crippen molar-refractivity contribution in [3.63, 3.8) is 0 Å². The molecule has 0 aromatic carbocycles. The van der Waals surface area contributed by atoms with Gasteiger partial charge in [0.15, 0.2) is 0 Å². The monoisotopic (exact) mass is 292 g/mol. The second-order valence-electron chi connectivity index (χ2n) is 6.07. The van der Waals surface area contributed by atoms with Crippen molar-refractivity contribution < 1.29 is 5.11 Å². The first-order chi connectivity index (χ1) is 10.1. The fourth-order valence-electron chi connectivity index (χ4n) is 2.51. The molecule has 5 nitrogen and oxygen atoms in total. The third-order valence-electron chi connectivity index (χ3n) is 4.28. The number of nitrogens with one attached hydrogen (secondary N) is 2. The van der Waals surface area contributed by atoms with Gasteiger partial charge in [-0.15, -0.1) is 0 Å². The van der Waals surface area contributed by atoms with E-state index in [1.165, 1.54) is 12.8 Å². The molecule has 0 amide bonds. The Hall–Kier alpha value is -1.36. The summed E-state index contributed by atoms with van der Waals surface area (Å²) in [5.41, 5.74) is 1.37. The van der Waals surface area contributed by atoms with E-state index in [2.05, 4.69) is 41.4 Å². The third kappa shape index (κ3) is 4.06. The van der Waals surface area contributed by atoms with Gasteiger partial charge in [-0.05, 0) is 38.0 Å². The summed E-state index contributed by atoms with van der Waals surface area (Å²) >= 11 is 0. The Kier molecular flexibility index (Phi) is 5.39. The van der Waals surface area contributed by atoms with E-state index in [0.29, 0.717) is 0 Å². The summed E-state index contributed by atoms with van der Waals surface area (Å²) in [7, 11) is 0. The van der Waals surface area contributed by atoms with Gasteiger partial charge in [-0.1, -0.05) is 13.8 Å². The Balaban J connectivity index is 2.10. The highest BCUT2D eigenvalue weighted by Gasteiger charge is 2.41. The summed E-state index contributed by atoms with van der Waals surface area (Å²) in [6.07, 6.45) is 5.19. The van der Waals surface area contributed by atoms with Crippen LogP contribution in [0, 0.1) is 12.3 Å². The number of hydrogen-bond donors (Lipinski definition) is 3. The minimum atomic E-state index is 0.272. The molecule has 2 rings (SSSR count).